The van der Waals surface area contributed by atoms with Gasteiger partial charge in [-0.05, 0) is 46.0 Å². The van der Waals surface area contributed by atoms with Crippen LogP contribution in [0.2, 0.25) is 0 Å². The highest BCUT2D eigenvalue weighted by atomic mass is 16.3. The number of β-amino-alcohol motifs (C(OH)–C–C–N with tert-alkyl or cyclic N) is 1. The van der Waals surface area contributed by atoms with Gasteiger partial charge in [0.2, 0.25) is 17.8 Å². The van der Waals surface area contributed by atoms with Crippen LogP contribution in [0.4, 0.5) is 11.9 Å². The second-order valence-electron chi connectivity index (χ2n) is 8.27. The van der Waals surface area contributed by atoms with Crippen LogP contribution in [0.1, 0.15) is 52.0 Å². The molecule has 4 N–H and O–H groups in total. The zero-order valence-electron chi connectivity index (χ0n) is 16.5. The monoisotopic (exact) mass is 387 g/mol. The third-order valence-electron chi connectivity index (χ3n) is 5.76. The van der Waals surface area contributed by atoms with Crippen LogP contribution >= 0.6 is 0 Å². The van der Waals surface area contributed by atoms with Crippen LogP contribution < -0.4 is 11.1 Å². The summed E-state index contributed by atoms with van der Waals surface area (Å²) in [5, 5.41) is 12.9. The fourth-order valence-corrected chi connectivity index (χ4v) is 4.38. The number of carbonyl (C=O) groups is 1. The highest BCUT2D eigenvalue weighted by Gasteiger charge is 2.34. The molecule has 1 amide bonds. The van der Waals surface area contributed by atoms with E-state index in [9.17, 15) is 9.90 Å². The zero-order chi connectivity index (χ0) is 19.8. The molecule has 9 nitrogen and oxygen atoms in total. The number of nitrogen functional groups attached to an aromatic ring is 1. The number of anilines is 2. The molecular weight excluding hydrogens is 358 g/mol. The smallest absolute Gasteiger partial charge is 0.225 e. The number of likely N-dealkylation sites (tertiary alicyclic amines) is 1. The minimum absolute atomic E-state index is 0.0327. The first-order valence-electron chi connectivity index (χ1n) is 10.2. The molecule has 1 saturated heterocycles. The number of aromatic nitrogens is 4. The molecule has 1 saturated carbocycles. The fourth-order valence-electron chi connectivity index (χ4n) is 4.38. The topological polar surface area (TPSA) is 122 Å². The SMILES string of the molecule is CC(C)Nc1ncc2nc(N)n([C@H]3CC[C@@H](C(=O)N4CC[C@@H](O)C4)CC3)c2n1. The van der Waals surface area contributed by atoms with Crippen LogP contribution in [-0.4, -0.2) is 60.7 Å². The van der Waals surface area contributed by atoms with Gasteiger partial charge < -0.3 is 21.1 Å². The number of hydrogen-bond acceptors (Lipinski definition) is 7. The van der Waals surface area contributed by atoms with Crippen molar-refractivity contribution in [3.63, 3.8) is 0 Å². The van der Waals surface area contributed by atoms with Crippen LogP contribution in [0, 0.1) is 5.92 Å². The van der Waals surface area contributed by atoms with E-state index in [-0.39, 0.29) is 30.0 Å². The van der Waals surface area contributed by atoms with Gasteiger partial charge in [-0.15, -0.1) is 0 Å². The third kappa shape index (κ3) is 3.63. The van der Waals surface area contributed by atoms with Gasteiger partial charge in [0.15, 0.2) is 5.65 Å². The van der Waals surface area contributed by atoms with Crippen LogP contribution in [0.5, 0.6) is 0 Å². The van der Waals surface area contributed by atoms with E-state index in [0.717, 1.165) is 31.3 Å². The molecule has 0 bridgehead atoms. The Hall–Kier alpha value is -2.42. The predicted molar refractivity (Wildman–Crippen MR) is 107 cm³/mol. The lowest BCUT2D eigenvalue weighted by Gasteiger charge is -2.31. The summed E-state index contributed by atoms with van der Waals surface area (Å²) in [7, 11) is 0. The molecule has 0 aromatic carbocycles. The van der Waals surface area contributed by atoms with E-state index >= 15 is 0 Å². The average Bonchev–Trinajstić information content (AvgIpc) is 3.23. The number of nitrogens with two attached hydrogens (primary N) is 1. The molecule has 2 aromatic rings. The number of rotatable bonds is 4. The van der Waals surface area contributed by atoms with Gasteiger partial charge in [0.25, 0.3) is 0 Å². The second-order valence-corrected chi connectivity index (χ2v) is 8.27. The van der Waals surface area contributed by atoms with Crippen molar-refractivity contribution in [2.24, 2.45) is 5.92 Å². The average molecular weight is 387 g/mol. The number of nitrogens with one attached hydrogen (secondary N) is 1. The Morgan fingerprint density at radius 1 is 1.25 bits per heavy atom. The zero-order valence-corrected chi connectivity index (χ0v) is 16.5. The maximum absolute atomic E-state index is 12.7. The lowest BCUT2D eigenvalue weighted by Crippen LogP contribution is -2.37. The van der Waals surface area contributed by atoms with Gasteiger partial charge in [0, 0.05) is 31.1 Å². The van der Waals surface area contributed by atoms with Crippen LogP contribution in [-0.2, 0) is 4.79 Å². The van der Waals surface area contributed by atoms with E-state index in [1.807, 2.05) is 23.3 Å². The maximum atomic E-state index is 12.7. The van der Waals surface area contributed by atoms with E-state index < -0.39 is 0 Å². The van der Waals surface area contributed by atoms with Crippen LogP contribution in [0.3, 0.4) is 0 Å². The minimum atomic E-state index is -0.370. The molecule has 2 fully saturated rings. The minimum Gasteiger partial charge on any atom is -0.391 e. The lowest BCUT2D eigenvalue weighted by molar-refractivity contribution is -0.136. The molecule has 1 atom stereocenters. The fraction of sp³-hybridized carbons (Fsp3) is 0.684. The first-order valence-corrected chi connectivity index (χ1v) is 10.2. The van der Waals surface area contributed by atoms with Crippen molar-refractivity contribution in [1.29, 1.82) is 0 Å². The van der Waals surface area contributed by atoms with Crippen molar-refractivity contribution >= 4 is 29.0 Å². The van der Waals surface area contributed by atoms with Gasteiger partial charge in [-0.3, -0.25) is 9.36 Å². The molecule has 4 rings (SSSR count). The lowest BCUT2D eigenvalue weighted by atomic mass is 9.85. The molecule has 28 heavy (non-hydrogen) atoms. The Kier molecular flexibility index (Phi) is 5.09. The van der Waals surface area contributed by atoms with Gasteiger partial charge in [0.1, 0.15) is 5.52 Å². The third-order valence-corrected chi connectivity index (χ3v) is 5.76. The Morgan fingerprint density at radius 3 is 2.64 bits per heavy atom. The number of imidazole rings is 1. The molecule has 152 valence electrons. The molecule has 1 aliphatic carbocycles. The molecule has 2 aromatic heterocycles. The Balaban J connectivity index is 1.49. The molecule has 2 aliphatic rings. The van der Waals surface area contributed by atoms with Crippen molar-refractivity contribution in [3.8, 4) is 0 Å². The van der Waals surface area contributed by atoms with Crippen LogP contribution in [0.25, 0.3) is 11.2 Å². The summed E-state index contributed by atoms with van der Waals surface area (Å²) < 4.78 is 2.00. The highest BCUT2D eigenvalue weighted by molar-refractivity contribution is 5.79. The van der Waals surface area contributed by atoms with Crippen molar-refractivity contribution in [1.82, 2.24) is 24.4 Å². The summed E-state index contributed by atoms with van der Waals surface area (Å²) in [6, 6.07) is 0.414. The number of fused-ring (bicyclic) bond motifs is 1. The molecule has 9 heteroatoms. The highest BCUT2D eigenvalue weighted by Crippen LogP contribution is 2.36. The Bertz CT molecular complexity index is 857. The number of aliphatic hydroxyl groups is 1. The van der Waals surface area contributed by atoms with E-state index in [2.05, 4.69) is 20.3 Å². The number of amides is 1. The van der Waals surface area contributed by atoms with Crippen LogP contribution in [0.15, 0.2) is 6.20 Å². The van der Waals surface area contributed by atoms with E-state index in [4.69, 9.17) is 5.73 Å². The summed E-state index contributed by atoms with van der Waals surface area (Å²) in [5.41, 5.74) is 7.64. The van der Waals surface area contributed by atoms with Crippen molar-refractivity contribution in [3.05, 3.63) is 6.20 Å². The van der Waals surface area contributed by atoms with Gasteiger partial charge in [0.05, 0.1) is 12.3 Å². The molecule has 0 spiro atoms. The van der Waals surface area contributed by atoms with E-state index in [0.29, 0.717) is 36.9 Å². The number of nitrogens with zero attached hydrogens (tertiary/aromatic N) is 5. The second kappa shape index (κ2) is 7.54. The molecule has 0 radical (unpaired) electrons. The van der Waals surface area contributed by atoms with Gasteiger partial charge in [-0.1, -0.05) is 0 Å². The first-order chi connectivity index (χ1) is 13.4. The molecule has 3 heterocycles. The summed E-state index contributed by atoms with van der Waals surface area (Å²) in [5.74, 6) is 1.23. The van der Waals surface area contributed by atoms with E-state index in [1.54, 1.807) is 6.20 Å². The van der Waals surface area contributed by atoms with Crippen molar-refractivity contribution < 1.29 is 9.90 Å². The number of carbonyl (C=O) groups excluding carboxylic acids is 1. The standard InChI is InChI=1S/C19H29N7O2/c1-11(2)22-19-21-9-15-16(24-19)26(18(20)23-15)13-5-3-12(4-6-13)17(28)25-8-7-14(27)10-25/h9,11-14,27H,3-8,10H2,1-2H3,(H2,20,23)(H,21,22,24)/t12-,13+,14-/m1/s1. The van der Waals surface area contributed by atoms with E-state index in [1.165, 1.54) is 0 Å². The van der Waals surface area contributed by atoms with Gasteiger partial charge in [-0.2, -0.15) is 4.98 Å². The summed E-state index contributed by atoms with van der Waals surface area (Å²) >= 11 is 0. The molecular formula is C19H29N7O2. The Morgan fingerprint density at radius 2 is 2.00 bits per heavy atom. The molecule has 1 aliphatic heterocycles. The molecule has 0 unspecified atom stereocenters. The normalized spacial score (nSPS) is 25.6. The van der Waals surface area contributed by atoms with Gasteiger partial charge >= 0.3 is 0 Å². The summed E-state index contributed by atoms with van der Waals surface area (Å²) in [6.07, 6.45) is 5.37. The number of hydrogen-bond donors (Lipinski definition) is 3. The van der Waals surface area contributed by atoms with Gasteiger partial charge in [-0.25, -0.2) is 9.97 Å². The number of aliphatic hydroxyl groups excluding tert-OH is 1. The Labute approximate surface area is 164 Å². The predicted octanol–water partition coefficient (Wildman–Crippen LogP) is 1.55. The summed E-state index contributed by atoms with van der Waals surface area (Å²) in [6.45, 7) is 5.22. The quantitative estimate of drug-likeness (QED) is 0.727. The van der Waals surface area contributed by atoms with Crippen molar-refractivity contribution in [2.45, 2.75) is 64.1 Å². The maximum Gasteiger partial charge on any atom is 0.225 e. The summed E-state index contributed by atoms with van der Waals surface area (Å²) in [4.78, 5) is 27.9. The largest absolute Gasteiger partial charge is 0.391 e. The van der Waals surface area contributed by atoms with Crippen molar-refractivity contribution in [2.75, 3.05) is 24.1 Å². The first kappa shape index (κ1) is 18.9.